The Labute approximate surface area is 187 Å². The van der Waals surface area contributed by atoms with E-state index in [-0.39, 0.29) is 22.1 Å². The Bertz CT molecular complexity index is 1270. The van der Waals surface area contributed by atoms with Crippen molar-refractivity contribution < 1.29 is 22.7 Å². The maximum atomic E-state index is 13.1. The van der Waals surface area contributed by atoms with E-state index in [2.05, 4.69) is 4.72 Å². The van der Waals surface area contributed by atoms with Gasteiger partial charge in [0, 0.05) is 12.7 Å². The average molecular weight is 453 g/mol. The normalized spacial score (nSPS) is 13.0. The molecule has 3 aromatic carbocycles. The third-order valence-corrected chi connectivity index (χ3v) is 6.47. The monoisotopic (exact) mass is 452 g/mol. The van der Waals surface area contributed by atoms with Gasteiger partial charge in [0.05, 0.1) is 22.8 Å². The van der Waals surface area contributed by atoms with Crippen molar-refractivity contribution in [2.24, 2.45) is 0 Å². The number of carbonyl (C=O) groups excluding carboxylic acids is 1. The van der Waals surface area contributed by atoms with E-state index in [1.807, 2.05) is 32.0 Å². The molecule has 1 N–H and O–H groups in total. The topological polar surface area (TPSA) is 84.9 Å². The maximum Gasteiger partial charge on any atom is 0.261 e. The molecule has 0 bridgehead atoms. The number of hydrogen-bond donors (Lipinski definition) is 1. The summed E-state index contributed by atoms with van der Waals surface area (Å²) in [5.41, 5.74) is 2.18. The van der Waals surface area contributed by atoms with Crippen LogP contribution in [0.15, 0.2) is 65.6 Å². The number of anilines is 2. The van der Waals surface area contributed by atoms with E-state index in [4.69, 9.17) is 9.47 Å². The molecule has 0 unspecified atom stereocenters. The van der Waals surface area contributed by atoms with Gasteiger partial charge in [0.2, 0.25) is 0 Å². The van der Waals surface area contributed by atoms with Gasteiger partial charge in [-0.25, -0.2) is 8.42 Å². The summed E-state index contributed by atoms with van der Waals surface area (Å²) in [4.78, 5) is 14.7. The number of hydrogen-bond acceptors (Lipinski definition) is 5. The lowest BCUT2D eigenvalue weighted by molar-refractivity contribution is 0.0993. The van der Waals surface area contributed by atoms with Crippen molar-refractivity contribution >= 4 is 27.3 Å². The van der Waals surface area contributed by atoms with Gasteiger partial charge in [0.1, 0.15) is 11.5 Å². The summed E-state index contributed by atoms with van der Waals surface area (Å²) < 4.78 is 39.7. The standard InChI is InChI=1S/C24H24N2O5S/c1-4-13-30-18-7-9-19(10-8-18)32(28,29)25-17-6-12-22-20(15-17)24(27)26(3)21-14-16(2)5-11-23(21)31-22/h5-12,14-15,25H,4,13H2,1-3H3. The van der Waals surface area contributed by atoms with E-state index in [1.165, 1.54) is 23.1 Å². The summed E-state index contributed by atoms with van der Waals surface area (Å²) in [5.74, 6) is 1.24. The fraction of sp³-hybridized carbons (Fsp3) is 0.208. The van der Waals surface area contributed by atoms with Gasteiger partial charge < -0.3 is 14.4 Å². The van der Waals surface area contributed by atoms with Crippen LogP contribution in [0.1, 0.15) is 29.3 Å². The van der Waals surface area contributed by atoms with Gasteiger partial charge in [0.25, 0.3) is 15.9 Å². The van der Waals surface area contributed by atoms with E-state index in [0.29, 0.717) is 29.5 Å². The number of rotatable bonds is 6. The minimum atomic E-state index is -3.85. The number of nitrogens with zero attached hydrogens (tertiary/aromatic N) is 1. The molecule has 0 radical (unpaired) electrons. The summed E-state index contributed by atoms with van der Waals surface area (Å²) in [7, 11) is -2.18. The summed E-state index contributed by atoms with van der Waals surface area (Å²) in [6.07, 6.45) is 0.863. The molecule has 32 heavy (non-hydrogen) atoms. The number of nitrogens with one attached hydrogen (secondary N) is 1. The molecule has 3 aromatic rings. The smallest absolute Gasteiger partial charge is 0.261 e. The highest BCUT2D eigenvalue weighted by atomic mass is 32.2. The van der Waals surface area contributed by atoms with Crippen LogP contribution in [-0.2, 0) is 10.0 Å². The molecule has 166 valence electrons. The van der Waals surface area contributed by atoms with Crippen molar-refractivity contribution in [2.75, 3.05) is 23.3 Å². The highest BCUT2D eigenvalue weighted by Gasteiger charge is 2.27. The van der Waals surface area contributed by atoms with Gasteiger partial charge in [0.15, 0.2) is 5.75 Å². The Morgan fingerprint density at radius 2 is 1.72 bits per heavy atom. The van der Waals surface area contributed by atoms with Crippen LogP contribution in [0.2, 0.25) is 0 Å². The van der Waals surface area contributed by atoms with Crippen LogP contribution in [0.3, 0.4) is 0 Å². The number of carbonyl (C=O) groups is 1. The number of sulfonamides is 1. The SMILES string of the molecule is CCCOc1ccc(S(=O)(=O)Nc2ccc3c(c2)C(=O)N(C)c2cc(C)ccc2O3)cc1. The van der Waals surface area contributed by atoms with E-state index in [1.54, 1.807) is 31.3 Å². The molecule has 1 aliphatic heterocycles. The summed E-state index contributed by atoms with van der Waals surface area (Å²) in [6.45, 7) is 4.50. The van der Waals surface area contributed by atoms with E-state index in [0.717, 1.165) is 12.0 Å². The lowest BCUT2D eigenvalue weighted by Gasteiger charge is -2.17. The molecule has 7 nitrogen and oxygen atoms in total. The van der Waals surface area contributed by atoms with Gasteiger partial charge in [-0.05, 0) is 73.5 Å². The molecule has 1 heterocycles. The van der Waals surface area contributed by atoms with Gasteiger partial charge in [-0.15, -0.1) is 0 Å². The van der Waals surface area contributed by atoms with Crippen molar-refractivity contribution in [3.05, 3.63) is 71.8 Å². The Balaban J connectivity index is 1.61. The van der Waals surface area contributed by atoms with Crippen molar-refractivity contribution in [2.45, 2.75) is 25.2 Å². The van der Waals surface area contributed by atoms with Gasteiger partial charge in [-0.1, -0.05) is 13.0 Å². The number of ether oxygens (including phenoxy) is 2. The zero-order chi connectivity index (χ0) is 22.9. The van der Waals surface area contributed by atoms with Crippen LogP contribution < -0.4 is 19.1 Å². The number of aryl methyl sites for hydroxylation is 1. The van der Waals surface area contributed by atoms with E-state index >= 15 is 0 Å². The van der Waals surface area contributed by atoms with Gasteiger partial charge in [-0.2, -0.15) is 0 Å². The van der Waals surface area contributed by atoms with E-state index < -0.39 is 10.0 Å². The summed E-state index contributed by atoms with van der Waals surface area (Å²) in [5, 5.41) is 0. The minimum Gasteiger partial charge on any atom is -0.494 e. The Kier molecular flexibility index (Phi) is 5.80. The van der Waals surface area contributed by atoms with Crippen LogP contribution in [0.4, 0.5) is 11.4 Å². The molecule has 0 saturated heterocycles. The predicted octanol–water partition coefficient (Wildman–Crippen LogP) is 4.97. The quantitative estimate of drug-likeness (QED) is 0.571. The molecule has 1 aliphatic rings. The molecule has 0 spiro atoms. The fourth-order valence-corrected chi connectivity index (χ4v) is 4.43. The number of benzene rings is 3. The highest BCUT2D eigenvalue weighted by Crippen LogP contribution is 2.39. The molecule has 0 aromatic heterocycles. The minimum absolute atomic E-state index is 0.0962. The second-order valence-electron chi connectivity index (χ2n) is 7.57. The van der Waals surface area contributed by atoms with Gasteiger partial charge in [-0.3, -0.25) is 9.52 Å². The molecule has 0 atom stereocenters. The van der Waals surface area contributed by atoms with Crippen LogP contribution in [0.25, 0.3) is 0 Å². The first-order valence-electron chi connectivity index (χ1n) is 10.2. The second kappa shape index (κ2) is 8.55. The van der Waals surface area contributed by atoms with Gasteiger partial charge >= 0.3 is 0 Å². The first-order valence-corrected chi connectivity index (χ1v) is 11.7. The van der Waals surface area contributed by atoms with Crippen LogP contribution in [0, 0.1) is 6.92 Å². The number of amides is 1. The zero-order valence-electron chi connectivity index (χ0n) is 18.1. The Morgan fingerprint density at radius 3 is 2.44 bits per heavy atom. The molecule has 0 saturated carbocycles. The van der Waals surface area contributed by atoms with Crippen LogP contribution in [-0.4, -0.2) is 28.0 Å². The number of fused-ring (bicyclic) bond motifs is 2. The van der Waals surface area contributed by atoms with Crippen LogP contribution >= 0.6 is 0 Å². The van der Waals surface area contributed by atoms with Crippen molar-refractivity contribution in [3.63, 3.8) is 0 Å². The van der Waals surface area contributed by atoms with Crippen molar-refractivity contribution in [3.8, 4) is 17.2 Å². The Hall–Kier alpha value is -3.52. The predicted molar refractivity (Wildman–Crippen MR) is 123 cm³/mol. The second-order valence-corrected chi connectivity index (χ2v) is 9.26. The molecule has 0 fully saturated rings. The van der Waals surface area contributed by atoms with Crippen molar-refractivity contribution in [1.29, 1.82) is 0 Å². The third kappa shape index (κ3) is 4.27. The third-order valence-electron chi connectivity index (χ3n) is 5.07. The zero-order valence-corrected chi connectivity index (χ0v) is 18.9. The molecular weight excluding hydrogens is 428 g/mol. The van der Waals surface area contributed by atoms with E-state index in [9.17, 15) is 13.2 Å². The van der Waals surface area contributed by atoms with Crippen LogP contribution in [0.5, 0.6) is 17.2 Å². The summed E-state index contributed by atoms with van der Waals surface area (Å²) >= 11 is 0. The lowest BCUT2D eigenvalue weighted by atomic mass is 10.1. The molecule has 1 amide bonds. The maximum absolute atomic E-state index is 13.1. The Morgan fingerprint density at radius 1 is 1.00 bits per heavy atom. The fourth-order valence-electron chi connectivity index (χ4n) is 3.38. The molecular formula is C24H24N2O5S. The lowest BCUT2D eigenvalue weighted by Crippen LogP contribution is -2.25. The average Bonchev–Trinajstić information content (AvgIpc) is 2.87. The molecule has 4 rings (SSSR count). The largest absolute Gasteiger partial charge is 0.494 e. The first-order chi connectivity index (χ1) is 15.3. The highest BCUT2D eigenvalue weighted by molar-refractivity contribution is 7.92. The molecule has 8 heteroatoms. The summed E-state index contributed by atoms with van der Waals surface area (Å²) in [6, 6.07) is 16.4. The van der Waals surface area contributed by atoms with Crippen molar-refractivity contribution in [1.82, 2.24) is 0 Å². The molecule has 0 aliphatic carbocycles. The first kappa shape index (κ1) is 21.7.